The number of amidine groups is 1. The third-order valence-electron chi connectivity index (χ3n) is 6.43. The van der Waals surface area contributed by atoms with Crippen LogP contribution in [0.3, 0.4) is 0 Å². The topological polar surface area (TPSA) is 146 Å². The van der Waals surface area contributed by atoms with Crippen LogP contribution in [0, 0.1) is 11.8 Å². The van der Waals surface area contributed by atoms with E-state index in [9.17, 15) is 13.2 Å². The van der Waals surface area contributed by atoms with Crippen molar-refractivity contribution in [3.63, 3.8) is 0 Å². The molecule has 2 atom stereocenters. The van der Waals surface area contributed by atoms with E-state index >= 15 is 0 Å². The highest BCUT2D eigenvalue weighted by Gasteiger charge is 2.57. The average molecular weight is 498 g/mol. The van der Waals surface area contributed by atoms with Crippen LogP contribution in [0.25, 0.3) is 0 Å². The highest BCUT2D eigenvalue weighted by Crippen LogP contribution is 2.48. The molecule has 0 aliphatic carbocycles. The summed E-state index contributed by atoms with van der Waals surface area (Å²) < 4.78 is 36.9. The zero-order valence-electron chi connectivity index (χ0n) is 20.0. The number of nitrogens with one attached hydrogen (secondary N) is 1. The molecule has 3 N–H and O–H groups in total. The molecule has 2 aliphatic heterocycles. The molecule has 0 bridgehead atoms. The van der Waals surface area contributed by atoms with Crippen LogP contribution < -0.4 is 20.5 Å². The smallest absolute Gasteiger partial charge is 0.275 e. The van der Waals surface area contributed by atoms with E-state index in [1.54, 1.807) is 45.9 Å². The van der Waals surface area contributed by atoms with Gasteiger partial charge in [-0.15, -0.1) is 5.92 Å². The minimum atomic E-state index is -3.69. The monoisotopic (exact) mass is 497 g/mol. The van der Waals surface area contributed by atoms with Crippen molar-refractivity contribution < 1.29 is 22.7 Å². The van der Waals surface area contributed by atoms with Crippen molar-refractivity contribution in [3.8, 4) is 23.5 Å². The zero-order chi connectivity index (χ0) is 25.4. The van der Waals surface area contributed by atoms with E-state index in [1.807, 2.05) is 0 Å². The third kappa shape index (κ3) is 4.18. The maximum atomic E-state index is 13.5. The number of benzene rings is 1. The fraction of sp³-hybridized carbons (Fsp3) is 0.417. The Labute approximate surface area is 204 Å². The number of carbonyl (C=O) groups is 1. The first kappa shape index (κ1) is 24.5. The molecule has 35 heavy (non-hydrogen) atoms. The molecule has 0 saturated carbocycles. The number of ether oxygens (including phenoxy) is 2. The normalized spacial score (nSPS) is 23.7. The number of nitrogens with two attached hydrogens (primary N) is 1. The molecule has 1 amide bonds. The Kier molecular flexibility index (Phi) is 6.19. The molecule has 1 aromatic carbocycles. The largest absolute Gasteiger partial charge is 0.493 e. The van der Waals surface area contributed by atoms with Gasteiger partial charge in [0, 0.05) is 17.7 Å². The minimum absolute atomic E-state index is 0.0426. The van der Waals surface area contributed by atoms with E-state index in [0.717, 1.165) is 0 Å². The molecule has 0 unspecified atom stereocenters. The molecule has 0 saturated heterocycles. The lowest BCUT2D eigenvalue weighted by atomic mass is 9.86. The Hall–Kier alpha value is -3.65. The maximum absolute atomic E-state index is 13.5. The summed E-state index contributed by atoms with van der Waals surface area (Å²) in [5.74, 6) is 5.75. The van der Waals surface area contributed by atoms with E-state index in [0.29, 0.717) is 17.0 Å². The van der Waals surface area contributed by atoms with Gasteiger partial charge in [0.15, 0.2) is 16.4 Å². The molecule has 11 heteroatoms. The van der Waals surface area contributed by atoms with Crippen LogP contribution in [-0.2, 0) is 15.4 Å². The summed E-state index contributed by atoms with van der Waals surface area (Å²) in [5.41, 5.74) is 6.03. The van der Waals surface area contributed by atoms with Crippen LogP contribution in [0.5, 0.6) is 11.6 Å². The van der Waals surface area contributed by atoms with Gasteiger partial charge in [-0.3, -0.25) is 9.79 Å². The predicted molar refractivity (Wildman–Crippen MR) is 131 cm³/mol. The van der Waals surface area contributed by atoms with E-state index in [-0.39, 0.29) is 37.0 Å². The second-order valence-corrected chi connectivity index (χ2v) is 11.6. The van der Waals surface area contributed by atoms with Crippen molar-refractivity contribution >= 4 is 27.3 Å². The summed E-state index contributed by atoms with van der Waals surface area (Å²) in [7, 11) is -3.69. The van der Waals surface area contributed by atoms with Crippen LogP contribution in [0.4, 0.5) is 5.69 Å². The Bertz CT molecular complexity index is 1360. The molecule has 0 fully saturated rings. The Morgan fingerprint density at radius 3 is 2.74 bits per heavy atom. The number of hydrogen-bond acceptors (Lipinski definition) is 9. The fourth-order valence-electron chi connectivity index (χ4n) is 4.22. The average Bonchev–Trinajstić information content (AvgIpc) is 2.95. The summed E-state index contributed by atoms with van der Waals surface area (Å²) in [6, 6.07) is 5.03. The number of sulfone groups is 1. The van der Waals surface area contributed by atoms with Gasteiger partial charge in [-0.1, -0.05) is 5.92 Å². The number of amides is 1. The lowest BCUT2D eigenvalue weighted by Crippen LogP contribution is -2.59. The number of carbonyl (C=O) groups excluding carboxylic acids is 1. The lowest BCUT2D eigenvalue weighted by Gasteiger charge is -2.43. The van der Waals surface area contributed by atoms with Gasteiger partial charge in [0.1, 0.15) is 27.6 Å². The predicted octanol–water partition coefficient (Wildman–Crippen LogP) is 2.06. The highest BCUT2D eigenvalue weighted by molar-refractivity contribution is 7.94. The first-order chi connectivity index (χ1) is 16.5. The molecule has 4 rings (SSSR count). The Morgan fingerprint density at radius 2 is 2.06 bits per heavy atom. The first-order valence-corrected chi connectivity index (χ1v) is 12.6. The summed E-state index contributed by atoms with van der Waals surface area (Å²) in [5, 5.41) is 1.94. The number of nitrogens with zero attached hydrogens (tertiary/aromatic N) is 3. The first-order valence-electron chi connectivity index (χ1n) is 11.0. The van der Waals surface area contributed by atoms with Crippen LogP contribution in [0.1, 0.15) is 50.2 Å². The molecule has 2 aromatic rings. The van der Waals surface area contributed by atoms with Crippen LogP contribution >= 0.6 is 0 Å². The number of fused-ring (bicyclic) bond motifs is 3. The van der Waals surface area contributed by atoms with Crippen LogP contribution in [-0.4, -0.2) is 53.3 Å². The van der Waals surface area contributed by atoms with Gasteiger partial charge in [-0.25, -0.2) is 18.4 Å². The summed E-state index contributed by atoms with van der Waals surface area (Å²) >= 11 is 0. The molecule has 0 spiro atoms. The summed E-state index contributed by atoms with van der Waals surface area (Å²) in [6.45, 7) is 6.97. The van der Waals surface area contributed by atoms with E-state index in [1.165, 1.54) is 12.4 Å². The van der Waals surface area contributed by atoms with Gasteiger partial charge in [-0.05, 0) is 45.9 Å². The lowest BCUT2D eigenvalue weighted by molar-refractivity contribution is 0.102. The minimum Gasteiger partial charge on any atom is -0.493 e. The SMILES string of the molecule is CC#CCOc1cnc(C(=O)Nc2ccc3c(c2)[C@@]2(C)N=C(N)C(C)(C)S(=O)(=O)[C@@H]2CCO3)cn1. The quantitative estimate of drug-likeness (QED) is 0.611. The molecule has 184 valence electrons. The second kappa shape index (κ2) is 8.85. The fourth-order valence-corrected chi connectivity index (χ4v) is 6.46. The molecule has 10 nitrogen and oxygen atoms in total. The second-order valence-electron chi connectivity index (χ2n) is 8.95. The number of rotatable bonds is 4. The molecule has 0 radical (unpaired) electrons. The molecular formula is C24H27N5O5S. The highest BCUT2D eigenvalue weighted by atomic mass is 32.2. The van der Waals surface area contributed by atoms with E-state index in [4.69, 9.17) is 15.2 Å². The number of aliphatic imine (C=N–C) groups is 1. The standard InChI is InChI=1S/C24H27N5O5S/c1-5-6-10-34-20-14-26-17(13-27-20)21(30)28-15-7-8-18-16(12-15)24(4)19(9-11-33-18)35(31,32)23(2,3)22(25)29-24/h7-8,12-14,19H,9-11H2,1-4H3,(H2,25,29)(H,28,30)/t19-,24-/m1/s1. The van der Waals surface area contributed by atoms with E-state index < -0.39 is 31.3 Å². The van der Waals surface area contributed by atoms with Gasteiger partial charge in [0.25, 0.3) is 5.91 Å². The van der Waals surface area contributed by atoms with Crippen LogP contribution in [0.2, 0.25) is 0 Å². The van der Waals surface area contributed by atoms with Gasteiger partial charge in [0.05, 0.1) is 24.3 Å². The van der Waals surface area contributed by atoms with Crippen molar-refractivity contribution in [2.75, 3.05) is 18.5 Å². The Morgan fingerprint density at radius 1 is 1.29 bits per heavy atom. The van der Waals surface area contributed by atoms with Crippen molar-refractivity contribution in [1.82, 2.24) is 9.97 Å². The van der Waals surface area contributed by atoms with E-state index in [2.05, 4.69) is 32.1 Å². The van der Waals surface area contributed by atoms with Gasteiger partial charge < -0.3 is 20.5 Å². The molecule has 2 aliphatic rings. The van der Waals surface area contributed by atoms with Crippen molar-refractivity contribution in [2.45, 2.75) is 49.7 Å². The van der Waals surface area contributed by atoms with Crippen LogP contribution in [0.15, 0.2) is 35.6 Å². The van der Waals surface area contributed by atoms with Crippen molar-refractivity contribution in [2.24, 2.45) is 10.7 Å². The molecular weight excluding hydrogens is 470 g/mol. The summed E-state index contributed by atoms with van der Waals surface area (Å²) in [4.78, 5) is 25.6. The summed E-state index contributed by atoms with van der Waals surface area (Å²) in [6.07, 6.45) is 2.91. The van der Waals surface area contributed by atoms with Crippen molar-refractivity contribution in [1.29, 1.82) is 0 Å². The van der Waals surface area contributed by atoms with Gasteiger partial charge in [-0.2, -0.15) is 0 Å². The molecule has 1 aromatic heterocycles. The number of aromatic nitrogens is 2. The number of anilines is 1. The zero-order valence-corrected chi connectivity index (χ0v) is 20.8. The Balaban J connectivity index is 1.65. The third-order valence-corrected chi connectivity index (χ3v) is 9.51. The van der Waals surface area contributed by atoms with Gasteiger partial charge in [0.2, 0.25) is 5.88 Å². The van der Waals surface area contributed by atoms with Crippen molar-refractivity contribution in [3.05, 3.63) is 41.9 Å². The number of hydrogen-bond donors (Lipinski definition) is 2. The maximum Gasteiger partial charge on any atom is 0.275 e. The molecule has 3 heterocycles. The van der Waals surface area contributed by atoms with Gasteiger partial charge >= 0.3 is 0 Å².